The predicted molar refractivity (Wildman–Crippen MR) is 69.1 cm³/mol. The summed E-state index contributed by atoms with van der Waals surface area (Å²) in [5, 5.41) is 10.4. The van der Waals surface area contributed by atoms with Crippen LogP contribution in [-0.2, 0) is 4.74 Å². The molecule has 1 N–H and O–H groups in total. The summed E-state index contributed by atoms with van der Waals surface area (Å²) in [6.45, 7) is 2.68. The number of benzene rings is 1. The van der Waals surface area contributed by atoms with Gasteiger partial charge in [-0.3, -0.25) is 0 Å². The maximum atomic E-state index is 13.4. The van der Waals surface area contributed by atoms with E-state index in [-0.39, 0.29) is 12.0 Å². The van der Waals surface area contributed by atoms with E-state index >= 15 is 0 Å². The molecule has 1 aromatic carbocycles. The van der Waals surface area contributed by atoms with E-state index in [1.165, 1.54) is 13.2 Å². The molecule has 3 atom stereocenters. The van der Waals surface area contributed by atoms with Crippen LogP contribution in [0.3, 0.4) is 0 Å². The highest BCUT2D eigenvalue weighted by Crippen LogP contribution is 2.37. The molecule has 1 aliphatic rings. The SMILES string of the molecule is COc1cc(F)c(Br)cc1C(O)C1OCCC1C. The molecule has 0 spiro atoms. The van der Waals surface area contributed by atoms with Crippen LogP contribution < -0.4 is 4.74 Å². The van der Waals surface area contributed by atoms with Crippen molar-refractivity contribution in [1.82, 2.24) is 0 Å². The van der Waals surface area contributed by atoms with E-state index in [2.05, 4.69) is 15.9 Å². The fourth-order valence-electron chi connectivity index (χ4n) is 2.25. The Hall–Kier alpha value is -0.650. The number of aliphatic hydroxyl groups is 1. The van der Waals surface area contributed by atoms with Crippen LogP contribution in [0.5, 0.6) is 5.75 Å². The van der Waals surface area contributed by atoms with E-state index in [0.717, 1.165) is 6.42 Å². The predicted octanol–water partition coefficient (Wildman–Crippen LogP) is 3.06. The molecule has 5 heteroatoms. The van der Waals surface area contributed by atoms with E-state index in [4.69, 9.17) is 9.47 Å². The number of rotatable bonds is 3. The van der Waals surface area contributed by atoms with E-state index in [1.807, 2.05) is 6.92 Å². The summed E-state index contributed by atoms with van der Waals surface area (Å²) < 4.78 is 24.4. The normalized spacial score (nSPS) is 25.2. The molecule has 1 aliphatic heterocycles. The number of hydrogen-bond acceptors (Lipinski definition) is 3. The Morgan fingerprint density at radius 1 is 1.56 bits per heavy atom. The molecule has 3 nitrogen and oxygen atoms in total. The van der Waals surface area contributed by atoms with Crippen LogP contribution in [0.25, 0.3) is 0 Å². The van der Waals surface area contributed by atoms with Gasteiger partial charge in [0.05, 0.1) is 17.7 Å². The first-order valence-electron chi connectivity index (χ1n) is 5.87. The van der Waals surface area contributed by atoms with E-state index in [9.17, 15) is 9.50 Å². The van der Waals surface area contributed by atoms with Gasteiger partial charge in [-0.25, -0.2) is 4.39 Å². The zero-order valence-electron chi connectivity index (χ0n) is 10.3. The Kier molecular flexibility index (Phi) is 4.25. The Morgan fingerprint density at radius 3 is 2.83 bits per heavy atom. The molecule has 1 aromatic rings. The first kappa shape index (κ1) is 13.8. The fraction of sp³-hybridized carbons (Fsp3) is 0.538. The van der Waals surface area contributed by atoms with Gasteiger partial charge in [-0.15, -0.1) is 0 Å². The zero-order valence-corrected chi connectivity index (χ0v) is 11.9. The molecule has 18 heavy (non-hydrogen) atoms. The highest BCUT2D eigenvalue weighted by Gasteiger charge is 2.33. The second-order valence-corrected chi connectivity index (χ2v) is 5.41. The Labute approximate surface area is 114 Å². The van der Waals surface area contributed by atoms with Crippen molar-refractivity contribution < 1.29 is 19.0 Å². The Bertz CT molecular complexity index is 438. The number of hydrogen-bond donors (Lipinski definition) is 1. The maximum Gasteiger partial charge on any atom is 0.141 e. The molecule has 1 heterocycles. The van der Waals surface area contributed by atoms with Crippen LogP contribution in [0.1, 0.15) is 25.0 Å². The van der Waals surface area contributed by atoms with Gasteiger partial charge < -0.3 is 14.6 Å². The van der Waals surface area contributed by atoms with Crippen LogP contribution in [0.15, 0.2) is 16.6 Å². The maximum absolute atomic E-state index is 13.4. The quantitative estimate of drug-likeness (QED) is 0.931. The van der Waals surface area contributed by atoms with Gasteiger partial charge in [0.2, 0.25) is 0 Å². The highest BCUT2D eigenvalue weighted by molar-refractivity contribution is 9.10. The number of halogens is 2. The lowest BCUT2D eigenvalue weighted by Crippen LogP contribution is -2.23. The van der Waals surface area contributed by atoms with E-state index in [1.54, 1.807) is 6.07 Å². The third-order valence-electron chi connectivity index (χ3n) is 3.35. The smallest absolute Gasteiger partial charge is 0.141 e. The molecule has 1 fully saturated rings. The minimum atomic E-state index is -0.811. The van der Waals surface area contributed by atoms with Crippen LogP contribution in [0.4, 0.5) is 4.39 Å². The summed E-state index contributed by atoms with van der Waals surface area (Å²) in [6, 6.07) is 2.81. The van der Waals surface area contributed by atoms with Gasteiger partial charge in [0.15, 0.2) is 0 Å². The van der Waals surface area contributed by atoms with Crippen molar-refractivity contribution in [3.05, 3.63) is 28.0 Å². The lowest BCUT2D eigenvalue weighted by molar-refractivity contribution is -0.0188. The lowest BCUT2D eigenvalue weighted by Gasteiger charge is -2.23. The van der Waals surface area contributed by atoms with Gasteiger partial charge in [0.1, 0.15) is 17.7 Å². The molecule has 0 aromatic heterocycles. The van der Waals surface area contributed by atoms with Crippen molar-refractivity contribution in [2.45, 2.75) is 25.6 Å². The molecular weight excluding hydrogens is 303 g/mol. The minimum absolute atomic E-state index is 0.267. The summed E-state index contributed by atoms with van der Waals surface area (Å²) in [5.74, 6) is 0.197. The molecule has 0 aliphatic carbocycles. The average Bonchev–Trinajstić information content (AvgIpc) is 2.77. The van der Waals surface area contributed by atoms with Crippen molar-refractivity contribution in [2.75, 3.05) is 13.7 Å². The summed E-state index contributed by atoms with van der Waals surface area (Å²) >= 11 is 3.12. The number of ether oxygens (including phenoxy) is 2. The van der Waals surface area contributed by atoms with Crippen LogP contribution >= 0.6 is 15.9 Å². The molecule has 2 rings (SSSR count). The third-order valence-corrected chi connectivity index (χ3v) is 3.95. The molecule has 100 valence electrons. The standard InChI is InChI=1S/C13H16BrFO3/c1-7-3-4-18-13(7)12(16)8-5-9(14)10(15)6-11(8)17-2/h5-7,12-13,16H,3-4H2,1-2H3. The molecule has 0 radical (unpaired) electrons. The monoisotopic (exact) mass is 318 g/mol. The molecule has 0 amide bonds. The largest absolute Gasteiger partial charge is 0.496 e. The van der Waals surface area contributed by atoms with Crippen molar-refractivity contribution in [3.63, 3.8) is 0 Å². The van der Waals surface area contributed by atoms with Gasteiger partial charge in [-0.1, -0.05) is 6.92 Å². The molecule has 0 saturated carbocycles. The molecular formula is C13H16BrFO3. The van der Waals surface area contributed by atoms with Crippen LogP contribution in [0, 0.1) is 11.7 Å². The lowest BCUT2D eigenvalue weighted by atomic mass is 9.94. The molecule has 0 bridgehead atoms. The van der Waals surface area contributed by atoms with Gasteiger partial charge >= 0.3 is 0 Å². The third kappa shape index (κ3) is 2.53. The van der Waals surface area contributed by atoms with Gasteiger partial charge in [0.25, 0.3) is 0 Å². The highest BCUT2D eigenvalue weighted by atomic mass is 79.9. The van der Waals surface area contributed by atoms with Crippen molar-refractivity contribution in [1.29, 1.82) is 0 Å². The topological polar surface area (TPSA) is 38.7 Å². The first-order valence-corrected chi connectivity index (χ1v) is 6.66. The van der Waals surface area contributed by atoms with Crippen LogP contribution in [-0.4, -0.2) is 24.9 Å². The van der Waals surface area contributed by atoms with Gasteiger partial charge in [0, 0.05) is 18.2 Å². The van der Waals surface area contributed by atoms with Crippen molar-refractivity contribution >= 4 is 15.9 Å². The summed E-state index contributed by atoms with van der Waals surface area (Å²) in [6.07, 6.45) is -0.155. The first-order chi connectivity index (χ1) is 8.54. The Morgan fingerprint density at radius 2 is 2.28 bits per heavy atom. The van der Waals surface area contributed by atoms with Gasteiger partial charge in [-0.05, 0) is 34.3 Å². The zero-order chi connectivity index (χ0) is 13.3. The molecule has 1 saturated heterocycles. The summed E-state index contributed by atoms with van der Waals surface area (Å²) in [7, 11) is 1.46. The molecule has 3 unspecified atom stereocenters. The summed E-state index contributed by atoms with van der Waals surface area (Å²) in [5.41, 5.74) is 0.546. The second kappa shape index (κ2) is 5.55. The van der Waals surface area contributed by atoms with Crippen molar-refractivity contribution in [3.8, 4) is 5.75 Å². The summed E-state index contributed by atoms with van der Waals surface area (Å²) in [4.78, 5) is 0. The van der Waals surface area contributed by atoms with E-state index in [0.29, 0.717) is 22.4 Å². The van der Waals surface area contributed by atoms with E-state index < -0.39 is 11.9 Å². The Balaban J connectivity index is 2.34. The number of methoxy groups -OCH3 is 1. The van der Waals surface area contributed by atoms with Crippen molar-refractivity contribution in [2.24, 2.45) is 5.92 Å². The average molecular weight is 319 g/mol. The van der Waals surface area contributed by atoms with Crippen LogP contribution in [0.2, 0.25) is 0 Å². The fourth-order valence-corrected chi connectivity index (χ4v) is 2.61. The van der Waals surface area contributed by atoms with Gasteiger partial charge in [-0.2, -0.15) is 0 Å². The minimum Gasteiger partial charge on any atom is -0.496 e. The number of aliphatic hydroxyl groups excluding tert-OH is 1. The second-order valence-electron chi connectivity index (χ2n) is 4.55.